The molecule has 0 radical (unpaired) electrons. The van der Waals surface area contributed by atoms with Crippen LogP contribution in [0.5, 0.6) is 0 Å². The van der Waals surface area contributed by atoms with Crippen molar-refractivity contribution in [1.29, 1.82) is 0 Å². The van der Waals surface area contributed by atoms with E-state index >= 15 is 0 Å². The first kappa shape index (κ1) is 15.4. The number of nitrogens with zero attached hydrogens (tertiary/aromatic N) is 6. The molecular formula is C17H19N7O. The van der Waals surface area contributed by atoms with Crippen molar-refractivity contribution in [3.05, 3.63) is 48.4 Å². The summed E-state index contributed by atoms with van der Waals surface area (Å²) in [5.41, 5.74) is 3.88. The Morgan fingerprint density at radius 3 is 2.96 bits per heavy atom. The fourth-order valence-electron chi connectivity index (χ4n) is 2.94. The second-order valence-electron chi connectivity index (χ2n) is 6.06. The quantitative estimate of drug-likeness (QED) is 0.764. The van der Waals surface area contributed by atoms with Gasteiger partial charge in [-0.25, -0.2) is 9.48 Å². The first-order chi connectivity index (χ1) is 12.2. The van der Waals surface area contributed by atoms with Gasteiger partial charge in [-0.05, 0) is 25.1 Å². The fraction of sp³-hybridized carbons (Fsp3) is 0.294. The molecule has 0 spiro atoms. The van der Waals surface area contributed by atoms with E-state index in [1.807, 2.05) is 36.1 Å². The van der Waals surface area contributed by atoms with E-state index in [4.69, 9.17) is 0 Å². The summed E-state index contributed by atoms with van der Waals surface area (Å²) in [7, 11) is 0. The molecule has 1 N–H and O–H groups in total. The molecule has 0 atom stereocenters. The van der Waals surface area contributed by atoms with Gasteiger partial charge in [0.1, 0.15) is 5.69 Å². The molecule has 1 saturated heterocycles. The lowest BCUT2D eigenvalue weighted by Crippen LogP contribution is -2.31. The molecule has 2 amide bonds. The van der Waals surface area contributed by atoms with Gasteiger partial charge in [-0.15, -0.1) is 5.10 Å². The highest BCUT2D eigenvalue weighted by molar-refractivity contribution is 5.76. The Balaban J connectivity index is 1.57. The number of carbonyl (C=O) groups is 1. The van der Waals surface area contributed by atoms with Gasteiger partial charge in [-0.2, -0.15) is 5.10 Å². The Hall–Kier alpha value is -3.16. The SMILES string of the molecule is Cc1ccc(-n2cccn2)c(-c2cn(CCN3CCNC3=O)nn2)c1. The number of benzene rings is 1. The van der Waals surface area contributed by atoms with E-state index in [1.54, 1.807) is 15.8 Å². The molecule has 1 aromatic carbocycles. The summed E-state index contributed by atoms with van der Waals surface area (Å²) in [6.07, 6.45) is 5.57. The minimum atomic E-state index is -0.0139. The first-order valence-corrected chi connectivity index (χ1v) is 8.25. The lowest BCUT2D eigenvalue weighted by Gasteiger charge is -2.13. The van der Waals surface area contributed by atoms with Crippen molar-refractivity contribution >= 4 is 6.03 Å². The van der Waals surface area contributed by atoms with Gasteiger partial charge >= 0.3 is 6.03 Å². The highest BCUT2D eigenvalue weighted by Gasteiger charge is 2.19. The van der Waals surface area contributed by atoms with Crippen molar-refractivity contribution < 1.29 is 4.79 Å². The molecule has 25 heavy (non-hydrogen) atoms. The first-order valence-electron chi connectivity index (χ1n) is 8.25. The van der Waals surface area contributed by atoms with Gasteiger partial charge in [0, 0.05) is 37.6 Å². The van der Waals surface area contributed by atoms with Crippen LogP contribution in [0.25, 0.3) is 16.9 Å². The third-order valence-electron chi connectivity index (χ3n) is 4.26. The van der Waals surface area contributed by atoms with Crippen LogP contribution >= 0.6 is 0 Å². The molecule has 3 heterocycles. The van der Waals surface area contributed by atoms with E-state index < -0.39 is 0 Å². The monoisotopic (exact) mass is 337 g/mol. The Morgan fingerprint density at radius 1 is 1.28 bits per heavy atom. The number of aryl methyl sites for hydroxylation is 1. The third kappa shape index (κ3) is 3.10. The fourth-order valence-corrected chi connectivity index (χ4v) is 2.94. The maximum absolute atomic E-state index is 11.6. The smallest absolute Gasteiger partial charge is 0.317 e. The standard InChI is InChI=1S/C17H19N7O/c1-13-3-4-16(24-7-2-5-19-24)14(11-13)15-12-23(21-20-15)10-9-22-8-6-18-17(22)25/h2-5,7,11-12H,6,8-10H2,1H3,(H,18,25). The molecule has 0 unspecified atom stereocenters. The summed E-state index contributed by atoms with van der Waals surface area (Å²) >= 11 is 0. The third-order valence-corrected chi connectivity index (χ3v) is 4.26. The van der Waals surface area contributed by atoms with Gasteiger partial charge < -0.3 is 10.2 Å². The van der Waals surface area contributed by atoms with Gasteiger partial charge in [0.25, 0.3) is 0 Å². The number of amides is 2. The molecule has 128 valence electrons. The maximum Gasteiger partial charge on any atom is 0.317 e. The number of urea groups is 1. The lowest BCUT2D eigenvalue weighted by molar-refractivity contribution is 0.215. The molecule has 1 fully saturated rings. The molecule has 1 aliphatic rings. The van der Waals surface area contributed by atoms with Gasteiger partial charge in [0.2, 0.25) is 0 Å². The highest BCUT2D eigenvalue weighted by atomic mass is 16.2. The van der Waals surface area contributed by atoms with E-state index in [0.29, 0.717) is 19.6 Å². The van der Waals surface area contributed by atoms with Crippen LogP contribution in [0.15, 0.2) is 42.9 Å². The molecular weight excluding hydrogens is 318 g/mol. The molecule has 0 aliphatic carbocycles. The van der Waals surface area contributed by atoms with E-state index in [9.17, 15) is 4.79 Å². The van der Waals surface area contributed by atoms with Gasteiger partial charge in [-0.3, -0.25) is 4.68 Å². The average molecular weight is 337 g/mol. The second-order valence-corrected chi connectivity index (χ2v) is 6.06. The van der Waals surface area contributed by atoms with Crippen molar-refractivity contribution in [2.45, 2.75) is 13.5 Å². The van der Waals surface area contributed by atoms with Crippen LogP contribution in [0.4, 0.5) is 4.79 Å². The van der Waals surface area contributed by atoms with Crippen molar-refractivity contribution in [3.8, 4) is 16.9 Å². The minimum Gasteiger partial charge on any atom is -0.336 e. The summed E-state index contributed by atoms with van der Waals surface area (Å²) in [4.78, 5) is 13.4. The number of hydrogen-bond acceptors (Lipinski definition) is 4. The van der Waals surface area contributed by atoms with Crippen molar-refractivity contribution in [2.75, 3.05) is 19.6 Å². The van der Waals surface area contributed by atoms with Crippen LogP contribution in [0, 0.1) is 6.92 Å². The summed E-state index contributed by atoms with van der Waals surface area (Å²) in [5, 5.41) is 15.6. The molecule has 0 saturated carbocycles. The van der Waals surface area contributed by atoms with Crippen LogP contribution in [0.1, 0.15) is 5.56 Å². The predicted octanol–water partition coefficient (Wildman–Crippen LogP) is 1.46. The van der Waals surface area contributed by atoms with Crippen molar-refractivity contribution in [2.24, 2.45) is 0 Å². The van der Waals surface area contributed by atoms with Crippen LogP contribution in [0.3, 0.4) is 0 Å². The van der Waals surface area contributed by atoms with Crippen LogP contribution in [-0.2, 0) is 6.54 Å². The summed E-state index contributed by atoms with van der Waals surface area (Å²) < 4.78 is 3.60. The summed E-state index contributed by atoms with van der Waals surface area (Å²) in [6.45, 7) is 4.73. The highest BCUT2D eigenvalue weighted by Crippen LogP contribution is 2.25. The number of carbonyl (C=O) groups excluding carboxylic acids is 1. The van der Waals surface area contributed by atoms with E-state index in [1.165, 1.54) is 0 Å². The van der Waals surface area contributed by atoms with E-state index in [-0.39, 0.29) is 6.03 Å². The molecule has 2 aromatic heterocycles. The average Bonchev–Trinajstić information content (AvgIpc) is 3.35. The number of aromatic nitrogens is 5. The summed E-state index contributed by atoms with van der Waals surface area (Å²) in [6, 6.07) is 8.04. The zero-order valence-electron chi connectivity index (χ0n) is 14.0. The molecule has 8 heteroatoms. The normalized spacial score (nSPS) is 14.1. The predicted molar refractivity (Wildman–Crippen MR) is 92.3 cm³/mol. The molecule has 4 rings (SSSR count). The van der Waals surface area contributed by atoms with Gasteiger partial charge in [0.05, 0.1) is 18.4 Å². The number of rotatable bonds is 5. The molecule has 3 aromatic rings. The van der Waals surface area contributed by atoms with E-state index in [2.05, 4.69) is 32.9 Å². The molecule has 8 nitrogen and oxygen atoms in total. The van der Waals surface area contributed by atoms with Gasteiger partial charge in [0.15, 0.2) is 0 Å². The summed E-state index contributed by atoms with van der Waals surface area (Å²) in [5.74, 6) is 0. The topological polar surface area (TPSA) is 80.9 Å². The van der Waals surface area contributed by atoms with E-state index in [0.717, 1.165) is 29.1 Å². The van der Waals surface area contributed by atoms with Crippen LogP contribution in [-0.4, -0.2) is 55.3 Å². The minimum absolute atomic E-state index is 0.0139. The van der Waals surface area contributed by atoms with Crippen LogP contribution in [0.2, 0.25) is 0 Å². The lowest BCUT2D eigenvalue weighted by atomic mass is 10.1. The number of nitrogens with one attached hydrogen (secondary N) is 1. The Labute approximate surface area is 145 Å². The molecule has 0 bridgehead atoms. The zero-order chi connectivity index (χ0) is 17.2. The Morgan fingerprint density at radius 2 is 2.20 bits per heavy atom. The largest absolute Gasteiger partial charge is 0.336 e. The van der Waals surface area contributed by atoms with Crippen LogP contribution < -0.4 is 5.32 Å². The van der Waals surface area contributed by atoms with Gasteiger partial charge in [-0.1, -0.05) is 16.8 Å². The Kier molecular flexibility index (Phi) is 3.93. The second kappa shape index (κ2) is 6.39. The maximum atomic E-state index is 11.6. The number of hydrogen-bond donors (Lipinski definition) is 1. The molecule has 1 aliphatic heterocycles. The van der Waals surface area contributed by atoms with Crippen molar-refractivity contribution in [1.82, 2.24) is 35.0 Å². The Bertz CT molecular complexity index is 884. The van der Waals surface area contributed by atoms with Crippen molar-refractivity contribution in [3.63, 3.8) is 0 Å². The zero-order valence-corrected chi connectivity index (χ0v) is 14.0.